The second-order valence-corrected chi connectivity index (χ2v) is 5.05. The minimum atomic E-state index is -4.63. The van der Waals surface area contributed by atoms with Crippen LogP contribution in [0.1, 0.15) is 18.9 Å². The van der Waals surface area contributed by atoms with Crippen LogP contribution in [0.3, 0.4) is 0 Å². The number of carboxylic acid groups (broad SMARTS) is 1. The number of benzene rings is 1. The maximum Gasteiger partial charge on any atom is 0.405 e. The summed E-state index contributed by atoms with van der Waals surface area (Å²) >= 11 is 0. The molecule has 0 fully saturated rings. The van der Waals surface area contributed by atoms with Crippen LogP contribution >= 0.6 is 0 Å². The summed E-state index contributed by atoms with van der Waals surface area (Å²) in [5, 5.41) is 12.8. The van der Waals surface area contributed by atoms with Crippen LogP contribution in [0.4, 0.5) is 17.6 Å². The topological polar surface area (TPSA) is 95.5 Å². The van der Waals surface area contributed by atoms with Crippen LogP contribution in [-0.4, -0.2) is 35.6 Å². The number of rotatable bonds is 6. The molecule has 0 bridgehead atoms. The molecule has 132 valence electrons. The van der Waals surface area contributed by atoms with Gasteiger partial charge in [0, 0.05) is 0 Å². The lowest BCUT2D eigenvalue weighted by Crippen LogP contribution is -2.50. The molecular weight excluding hydrogens is 336 g/mol. The number of alkyl halides is 3. The molecule has 2 amide bonds. The van der Waals surface area contributed by atoms with Crippen molar-refractivity contribution < 1.29 is 37.1 Å². The Morgan fingerprint density at radius 1 is 1.08 bits per heavy atom. The first-order valence-corrected chi connectivity index (χ1v) is 6.58. The summed E-state index contributed by atoms with van der Waals surface area (Å²) in [5.74, 6) is -4.41. The zero-order valence-corrected chi connectivity index (χ0v) is 12.4. The minimum Gasteiger partial charge on any atom is -0.479 e. The van der Waals surface area contributed by atoms with E-state index < -0.39 is 48.3 Å². The van der Waals surface area contributed by atoms with Gasteiger partial charge >= 0.3 is 12.1 Å². The van der Waals surface area contributed by atoms with Crippen molar-refractivity contribution in [3.05, 3.63) is 35.6 Å². The number of hydrogen-bond donors (Lipinski definition) is 3. The molecule has 1 rings (SSSR count). The molecule has 0 aliphatic carbocycles. The fraction of sp³-hybridized carbons (Fsp3) is 0.357. The van der Waals surface area contributed by atoms with Gasteiger partial charge in [0.25, 0.3) is 0 Å². The summed E-state index contributed by atoms with van der Waals surface area (Å²) in [6.07, 6.45) is -5.62. The molecule has 1 aromatic rings. The lowest BCUT2D eigenvalue weighted by molar-refractivity contribution is -0.148. The van der Waals surface area contributed by atoms with E-state index in [2.05, 4.69) is 5.32 Å². The van der Waals surface area contributed by atoms with E-state index in [-0.39, 0.29) is 5.56 Å². The monoisotopic (exact) mass is 350 g/mol. The van der Waals surface area contributed by atoms with Crippen LogP contribution in [0, 0.1) is 5.82 Å². The Labute approximate surface area is 133 Å². The maximum atomic E-state index is 12.9. The highest BCUT2D eigenvalue weighted by molar-refractivity contribution is 5.99. The van der Waals surface area contributed by atoms with Crippen LogP contribution < -0.4 is 10.6 Å². The summed E-state index contributed by atoms with van der Waals surface area (Å²) in [7, 11) is 0. The first-order chi connectivity index (χ1) is 10.9. The van der Waals surface area contributed by atoms with Crippen molar-refractivity contribution >= 4 is 17.8 Å². The molecule has 0 heterocycles. The highest BCUT2D eigenvalue weighted by Crippen LogP contribution is 2.22. The van der Waals surface area contributed by atoms with Crippen molar-refractivity contribution in [1.29, 1.82) is 0 Å². The van der Waals surface area contributed by atoms with Crippen molar-refractivity contribution in [2.75, 3.05) is 6.54 Å². The van der Waals surface area contributed by atoms with Gasteiger partial charge in [-0.1, -0.05) is 12.1 Å². The molecule has 10 heteroatoms. The number of amides is 2. The van der Waals surface area contributed by atoms with E-state index in [1.807, 2.05) is 0 Å². The third-order valence-corrected chi connectivity index (χ3v) is 3.05. The summed E-state index contributed by atoms with van der Waals surface area (Å²) < 4.78 is 48.8. The van der Waals surface area contributed by atoms with Crippen molar-refractivity contribution in [3.63, 3.8) is 0 Å². The van der Waals surface area contributed by atoms with Gasteiger partial charge in [0.1, 0.15) is 18.8 Å². The number of hydrogen-bond acceptors (Lipinski definition) is 3. The molecule has 0 aliphatic heterocycles. The van der Waals surface area contributed by atoms with Crippen molar-refractivity contribution in [1.82, 2.24) is 10.6 Å². The second kappa shape index (κ2) is 7.28. The minimum absolute atomic E-state index is 0.0282. The molecular formula is C14H14F4N2O4. The summed E-state index contributed by atoms with van der Waals surface area (Å²) in [6, 6.07) is 4.23. The molecule has 0 saturated carbocycles. The summed E-state index contributed by atoms with van der Waals surface area (Å²) in [6.45, 7) is -0.499. The average Bonchev–Trinajstić information content (AvgIpc) is 2.44. The van der Waals surface area contributed by atoms with Crippen LogP contribution in [-0.2, 0) is 19.9 Å². The van der Waals surface area contributed by atoms with Crippen LogP contribution in [0.5, 0.6) is 0 Å². The molecule has 0 radical (unpaired) electrons. The standard InChI is InChI=1S/C14H14F4N2O4/c1-13(12(23)24,8-2-4-9(15)5-3-8)20-11(22)6-10(21)19-7-14(16,17)18/h2-5H,6-7H2,1H3,(H,19,21)(H,20,22)(H,23,24). The molecule has 1 atom stereocenters. The summed E-state index contributed by atoms with van der Waals surface area (Å²) in [5.41, 5.74) is -1.95. The van der Waals surface area contributed by atoms with Gasteiger partial charge in [0.05, 0.1) is 0 Å². The smallest absolute Gasteiger partial charge is 0.405 e. The predicted molar refractivity (Wildman–Crippen MR) is 73.2 cm³/mol. The van der Waals surface area contributed by atoms with Crippen LogP contribution in [0.25, 0.3) is 0 Å². The lowest BCUT2D eigenvalue weighted by atomic mass is 9.92. The number of aliphatic carboxylic acids is 1. The van der Waals surface area contributed by atoms with Gasteiger partial charge in [-0.25, -0.2) is 9.18 Å². The number of carbonyl (C=O) groups excluding carboxylic acids is 2. The van der Waals surface area contributed by atoms with E-state index in [4.69, 9.17) is 0 Å². The molecule has 0 aliphatic rings. The molecule has 0 aromatic heterocycles. The Balaban J connectivity index is 2.78. The normalized spacial score (nSPS) is 13.7. The quantitative estimate of drug-likeness (QED) is 0.532. The van der Waals surface area contributed by atoms with Gasteiger partial charge in [0.2, 0.25) is 11.8 Å². The van der Waals surface area contributed by atoms with E-state index in [0.717, 1.165) is 31.2 Å². The highest BCUT2D eigenvalue weighted by Gasteiger charge is 2.37. The van der Waals surface area contributed by atoms with Gasteiger partial charge in [-0.05, 0) is 24.6 Å². The fourth-order valence-corrected chi connectivity index (χ4v) is 1.76. The zero-order valence-electron chi connectivity index (χ0n) is 12.4. The number of carboxylic acids is 1. The molecule has 0 saturated heterocycles. The number of halogens is 4. The fourth-order valence-electron chi connectivity index (χ4n) is 1.76. The van der Waals surface area contributed by atoms with Gasteiger partial charge < -0.3 is 15.7 Å². The van der Waals surface area contributed by atoms with Crippen LogP contribution in [0.2, 0.25) is 0 Å². The highest BCUT2D eigenvalue weighted by atomic mass is 19.4. The van der Waals surface area contributed by atoms with Gasteiger partial charge in [-0.2, -0.15) is 13.2 Å². The van der Waals surface area contributed by atoms with E-state index in [1.165, 1.54) is 5.32 Å². The zero-order chi connectivity index (χ0) is 18.5. The lowest BCUT2D eigenvalue weighted by Gasteiger charge is -2.26. The molecule has 3 N–H and O–H groups in total. The Morgan fingerprint density at radius 3 is 2.08 bits per heavy atom. The Kier molecular flexibility index (Phi) is 5.88. The van der Waals surface area contributed by atoms with Gasteiger partial charge in [-0.15, -0.1) is 0 Å². The van der Waals surface area contributed by atoms with Crippen molar-refractivity contribution in [2.24, 2.45) is 0 Å². The Morgan fingerprint density at radius 2 is 1.62 bits per heavy atom. The molecule has 1 aromatic carbocycles. The van der Waals surface area contributed by atoms with Crippen molar-refractivity contribution in [2.45, 2.75) is 25.1 Å². The predicted octanol–water partition coefficient (Wildman–Crippen LogP) is 1.31. The number of nitrogens with one attached hydrogen (secondary N) is 2. The largest absolute Gasteiger partial charge is 0.479 e. The molecule has 24 heavy (non-hydrogen) atoms. The van der Waals surface area contributed by atoms with Gasteiger partial charge in [0.15, 0.2) is 5.54 Å². The Bertz CT molecular complexity index is 631. The second-order valence-electron chi connectivity index (χ2n) is 5.05. The van der Waals surface area contributed by atoms with Crippen molar-refractivity contribution in [3.8, 4) is 0 Å². The van der Waals surface area contributed by atoms with Gasteiger partial charge in [-0.3, -0.25) is 9.59 Å². The average molecular weight is 350 g/mol. The SMILES string of the molecule is CC(NC(=O)CC(=O)NCC(F)(F)F)(C(=O)O)c1ccc(F)cc1. The van der Waals surface area contributed by atoms with Crippen LogP contribution in [0.15, 0.2) is 24.3 Å². The molecule has 0 spiro atoms. The first kappa shape index (κ1) is 19.4. The van der Waals surface area contributed by atoms with E-state index in [0.29, 0.717) is 0 Å². The third kappa shape index (κ3) is 5.52. The molecule has 6 nitrogen and oxygen atoms in total. The first-order valence-electron chi connectivity index (χ1n) is 6.58. The maximum absolute atomic E-state index is 12.9. The van der Waals surface area contributed by atoms with E-state index >= 15 is 0 Å². The van der Waals surface area contributed by atoms with E-state index in [1.54, 1.807) is 0 Å². The number of carbonyl (C=O) groups is 3. The van der Waals surface area contributed by atoms with E-state index in [9.17, 15) is 37.1 Å². The Hall–Kier alpha value is -2.65. The third-order valence-electron chi connectivity index (χ3n) is 3.05. The summed E-state index contributed by atoms with van der Waals surface area (Å²) in [4.78, 5) is 34.4. The molecule has 1 unspecified atom stereocenters.